The van der Waals surface area contributed by atoms with E-state index in [1.165, 1.54) is 0 Å². The van der Waals surface area contributed by atoms with Gasteiger partial charge in [-0.25, -0.2) is 0 Å². The van der Waals surface area contributed by atoms with Gasteiger partial charge in [-0.05, 0) is 25.2 Å². The molecule has 0 N–H and O–H groups in total. The Kier molecular flexibility index (Phi) is 5.91. The molecule has 2 atom stereocenters. The maximum atomic E-state index is 12.4. The smallest absolute Gasteiger partial charge is 0.136 e. The van der Waals surface area contributed by atoms with Gasteiger partial charge in [0.1, 0.15) is 23.0 Å². The van der Waals surface area contributed by atoms with Crippen LogP contribution in [0, 0.1) is 11.8 Å². The summed E-state index contributed by atoms with van der Waals surface area (Å²) < 4.78 is 16.6. The van der Waals surface area contributed by atoms with Gasteiger partial charge in [0.05, 0.1) is 21.3 Å². The van der Waals surface area contributed by atoms with Gasteiger partial charge in [0, 0.05) is 36.0 Å². The molecule has 1 aliphatic carbocycles. The SMILES string of the molecule is COc1cc(OC)c([C@H](CC(C)C)[C@@H]2CCCC2=O)c(OC)c1. The molecule has 0 spiro atoms. The highest BCUT2D eigenvalue weighted by Crippen LogP contribution is 2.47. The van der Waals surface area contributed by atoms with E-state index in [1.54, 1.807) is 21.3 Å². The van der Waals surface area contributed by atoms with E-state index in [0.29, 0.717) is 23.9 Å². The van der Waals surface area contributed by atoms with Crippen molar-refractivity contribution in [3.05, 3.63) is 17.7 Å². The maximum Gasteiger partial charge on any atom is 0.136 e. The number of ether oxygens (including phenoxy) is 3. The van der Waals surface area contributed by atoms with Crippen molar-refractivity contribution in [3.8, 4) is 17.2 Å². The molecule has 1 aliphatic rings. The molecule has 0 radical (unpaired) electrons. The molecule has 2 rings (SSSR count). The van der Waals surface area contributed by atoms with Gasteiger partial charge in [0.2, 0.25) is 0 Å². The minimum atomic E-state index is 0.0635. The Hall–Kier alpha value is -1.71. The standard InChI is InChI=1S/C19H28O4/c1-12(2)9-15(14-7-6-8-16(14)20)19-17(22-4)10-13(21-3)11-18(19)23-5/h10-12,14-15H,6-9H2,1-5H3/t14-,15+/m0/s1. The predicted octanol–water partition coefficient (Wildman–Crippen LogP) is 4.21. The van der Waals surface area contributed by atoms with E-state index in [-0.39, 0.29) is 11.8 Å². The molecule has 0 heterocycles. The molecule has 4 nitrogen and oxygen atoms in total. The average Bonchev–Trinajstić information content (AvgIpc) is 2.97. The summed E-state index contributed by atoms with van der Waals surface area (Å²) in [5.74, 6) is 3.23. The van der Waals surface area contributed by atoms with Crippen LogP contribution in [0.3, 0.4) is 0 Å². The monoisotopic (exact) mass is 320 g/mol. The Labute approximate surface area is 139 Å². The van der Waals surface area contributed by atoms with Crippen molar-refractivity contribution in [2.24, 2.45) is 11.8 Å². The molecule has 1 saturated carbocycles. The normalized spacial score (nSPS) is 19.0. The second kappa shape index (κ2) is 7.71. The van der Waals surface area contributed by atoms with Crippen molar-refractivity contribution in [1.82, 2.24) is 0 Å². The number of hydrogen-bond donors (Lipinski definition) is 0. The second-order valence-corrected chi connectivity index (χ2v) is 6.65. The highest BCUT2D eigenvalue weighted by atomic mass is 16.5. The van der Waals surface area contributed by atoms with Gasteiger partial charge in [0.25, 0.3) is 0 Å². The van der Waals surface area contributed by atoms with Gasteiger partial charge >= 0.3 is 0 Å². The average molecular weight is 320 g/mol. The molecular formula is C19H28O4. The number of carbonyl (C=O) groups excluding carboxylic acids is 1. The van der Waals surface area contributed by atoms with Crippen LogP contribution in [0.2, 0.25) is 0 Å². The maximum absolute atomic E-state index is 12.4. The van der Waals surface area contributed by atoms with Crippen molar-refractivity contribution >= 4 is 5.78 Å². The Bertz CT molecular complexity index is 525. The predicted molar refractivity (Wildman–Crippen MR) is 90.6 cm³/mol. The van der Waals surface area contributed by atoms with E-state index in [2.05, 4.69) is 13.8 Å². The first kappa shape index (κ1) is 17.6. The summed E-state index contributed by atoms with van der Waals surface area (Å²) >= 11 is 0. The van der Waals surface area contributed by atoms with Gasteiger partial charge in [-0.3, -0.25) is 4.79 Å². The minimum Gasteiger partial charge on any atom is -0.496 e. The topological polar surface area (TPSA) is 44.8 Å². The fourth-order valence-corrected chi connectivity index (χ4v) is 3.66. The van der Waals surface area contributed by atoms with Crippen LogP contribution < -0.4 is 14.2 Å². The van der Waals surface area contributed by atoms with E-state index in [1.807, 2.05) is 12.1 Å². The van der Waals surface area contributed by atoms with Gasteiger partial charge in [-0.1, -0.05) is 13.8 Å². The number of methoxy groups -OCH3 is 3. The molecule has 1 aromatic carbocycles. The first-order valence-corrected chi connectivity index (χ1v) is 8.34. The molecule has 0 bridgehead atoms. The molecule has 128 valence electrons. The first-order chi connectivity index (χ1) is 11.0. The molecule has 0 saturated heterocycles. The molecule has 23 heavy (non-hydrogen) atoms. The molecule has 1 fully saturated rings. The van der Waals surface area contributed by atoms with Crippen molar-refractivity contribution in [2.45, 2.75) is 45.4 Å². The molecule has 0 unspecified atom stereocenters. The minimum absolute atomic E-state index is 0.0635. The quantitative estimate of drug-likeness (QED) is 0.755. The Balaban J connectivity index is 2.54. The van der Waals surface area contributed by atoms with Gasteiger partial charge in [-0.2, -0.15) is 0 Å². The summed E-state index contributed by atoms with van der Waals surface area (Å²) in [5, 5.41) is 0. The Morgan fingerprint density at radius 2 is 1.70 bits per heavy atom. The number of Topliss-reactive ketones (excluding diaryl/α,β-unsaturated/α-hetero) is 1. The summed E-state index contributed by atoms with van der Waals surface area (Å²) in [5.41, 5.74) is 1.00. The zero-order valence-electron chi connectivity index (χ0n) is 14.8. The first-order valence-electron chi connectivity index (χ1n) is 8.34. The highest BCUT2D eigenvalue weighted by Gasteiger charge is 2.36. The fourth-order valence-electron chi connectivity index (χ4n) is 3.66. The molecule has 0 aromatic heterocycles. The summed E-state index contributed by atoms with van der Waals surface area (Å²) in [6.07, 6.45) is 3.57. The second-order valence-electron chi connectivity index (χ2n) is 6.65. The van der Waals surface area contributed by atoms with Crippen LogP contribution in [-0.2, 0) is 4.79 Å². The van der Waals surface area contributed by atoms with Crippen LogP contribution in [-0.4, -0.2) is 27.1 Å². The van der Waals surface area contributed by atoms with Crippen LogP contribution in [0.25, 0.3) is 0 Å². The molecule has 0 aliphatic heterocycles. The van der Waals surface area contributed by atoms with Crippen LogP contribution in [0.4, 0.5) is 0 Å². The third-order valence-corrected chi connectivity index (χ3v) is 4.69. The van der Waals surface area contributed by atoms with Crippen molar-refractivity contribution in [2.75, 3.05) is 21.3 Å². The lowest BCUT2D eigenvalue weighted by Gasteiger charge is -2.28. The van der Waals surface area contributed by atoms with Crippen LogP contribution >= 0.6 is 0 Å². The van der Waals surface area contributed by atoms with Crippen molar-refractivity contribution in [3.63, 3.8) is 0 Å². The highest BCUT2D eigenvalue weighted by molar-refractivity contribution is 5.84. The van der Waals surface area contributed by atoms with E-state index in [4.69, 9.17) is 14.2 Å². The number of benzene rings is 1. The van der Waals surface area contributed by atoms with E-state index in [9.17, 15) is 4.79 Å². The molecular weight excluding hydrogens is 292 g/mol. The van der Waals surface area contributed by atoms with Crippen molar-refractivity contribution < 1.29 is 19.0 Å². The van der Waals surface area contributed by atoms with Crippen molar-refractivity contribution in [1.29, 1.82) is 0 Å². The third-order valence-electron chi connectivity index (χ3n) is 4.69. The zero-order chi connectivity index (χ0) is 17.0. The lowest BCUT2D eigenvalue weighted by atomic mass is 9.78. The van der Waals surface area contributed by atoms with Gasteiger partial charge < -0.3 is 14.2 Å². The lowest BCUT2D eigenvalue weighted by molar-refractivity contribution is -0.121. The summed E-state index contributed by atoms with van der Waals surface area (Å²) in [6.45, 7) is 4.38. The zero-order valence-corrected chi connectivity index (χ0v) is 14.8. The third kappa shape index (κ3) is 3.80. The Morgan fingerprint density at radius 1 is 1.09 bits per heavy atom. The van der Waals surface area contributed by atoms with Crippen LogP contribution in [0.15, 0.2) is 12.1 Å². The molecule has 4 heteroatoms. The van der Waals surface area contributed by atoms with Crippen LogP contribution in [0.5, 0.6) is 17.2 Å². The van der Waals surface area contributed by atoms with E-state index >= 15 is 0 Å². The van der Waals surface area contributed by atoms with E-state index < -0.39 is 0 Å². The number of rotatable bonds is 7. The lowest BCUT2D eigenvalue weighted by Crippen LogP contribution is -2.20. The number of ketones is 1. The number of carbonyl (C=O) groups is 1. The molecule has 1 aromatic rings. The van der Waals surface area contributed by atoms with E-state index in [0.717, 1.165) is 36.3 Å². The van der Waals surface area contributed by atoms with Gasteiger partial charge in [-0.15, -0.1) is 0 Å². The largest absolute Gasteiger partial charge is 0.496 e. The fraction of sp³-hybridized carbons (Fsp3) is 0.632. The van der Waals surface area contributed by atoms with Gasteiger partial charge in [0.15, 0.2) is 0 Å². The Morgan fingerprint density at radius 3 is 2.09 bits per heavy atom. The van der Waals surface area contributed by atoms with Crippen LogP contribution in [0.1, 0.15) is 51.0 Å². The summed E-state index contributed by atoms with van der Waals surface area (Å²) in [6, 6.07) is 3.76. The summed E-state index contributed by atoms with van der Waals surface area (Å²) in [4.78, 5) is 12.4. The summed E-state index contributed by atoms with van der Waals surface area (Å²) in [7, 11) is 4.93. The molecule has 0 amide bonds. The number of hydrogen-bond acceptors (Lipinski definition) is 4.